The molecule has 0 unspecified atom stereocenters. The van der Waals surface area contributed by atoms with Crippen molar-refractivity contribution in [1.82, 2.24) is 9.80 Å². The second kappa shape index (κ2) is 7.99. The van der Waals surface area contributed by atoms with Crippen LogP contribution >= 0.6 is 11.3 Å². The lowest BCUT2D eigenvalue weighted by molar-refractivity contribution is -0.143. The van der Waals surface area contributed by atoms with Gasteiger partial charge in [-0.25, -0.2) is 4.39 Å². The number of carbonyl (C=O) groups is 2. The minimum absolute atomic E-state index is 0.0194. The summed E-state index contributed by atoms with van der Waals surface area (Å²) in [6.45, 7) is 3.18. The fourth-order valence-corrected chi connectivity index (χ4v) is 4.23. The minimum atomic E-state index is -0.320. The normalized spacial score (nSPS) is 17.4. The van der Waals surface area contributed by atoms with Gasteiger partial charge in [0.25, 0.3) is 0 Å². The van der Waals surface area contributed by atoms with Crippen LogP contribution in [0, 0.1) is 18.7 Å². The van der Waals surface area contributed by atoms with Crippen LogP contribution in [0.2, 0.25) is 0 Å². The number of likely N-dealkylation sites (tertiary alicyclic amines) is 1. The lowest BCUT2D eigenvalue weighted by atomic mass is 9.95. The van der Waals surface area contributed by atoms with Gasteiger partial charge in [0, 0.05) is 37.0 Å². The zero-order valence-corrected chi connectivity index (χ0v) is 15.9. The van der Waals surface area contributed by atoms with Gasteiger partial charge < -0.3 is 9.80 Å². The monoisotopic (exact) mass is 374 g/mol. The zero-order valence-electron chi connectivity index (χ0n) is 15.1. The largest absolute Gasteiger partial charge is 0.340 e. The van der Waals surface area contributed by atoms with Crippen LogP contribution in [0.25, 0.3) is 0 Å². The lowest BCUT2D eigenvalue weighted by Gasteiger charge is -2.34. The molecule has 3 rings (SSSR count). The molecule has 0 saturated carbocycles. The summed E-state index contributed by atoms with van der Waals surface area (Å²) >= 11 is 1.65. The van der Waals surface area contributed by atoms with Gasteiger partial charge >= 0.3 is 0 Å². The highest BCUT2D eigenvalue weighted by molar-refractivity contribution is 7.10. The van der Waals surface area contributed by atoms with E-state index >= 15 is 0 Å². The summed E-state index contributed by atoms with van der Waals surface area (Å²) in [4.78, 5) is 29.6. The van der Waals surface area contributed by atoms with E-state index in [-0.39, 0.29) is 30.1 Å². The first-order valence-electron chi connectivity index (χ1n) is 8.75. The van der Waals surface area contributed by atoms with Crippen LogP contribution in [-0.4, -0.2) is 35.2 Å². The maximum absolute atomic E-state index is 13.9. The molecule has 0 bridgehead atoms. The Hall–Kier alpha value is -2.21. The van der Waals surface area contributed by atoms with Crippen molar-refractivity contribution in [2.45, 2.75) is 32.9 Å². The van der Waals surface area contributed by atoms with Crippen molar-refractivity contribution in [3.05, 3.63) is 57.5 Å². The van der Waals surface area contributed by atoms with E-state index in [2.05, 4.69) is 0 Å². The molecule has 0 radical (unpaired) electrons. The Kier molecular flexibility index (Phi) is 5.71. The highest BCUT2D eigenvalue weighted by Gasteiger charge is 2.32. The summed E-state index contributed by atoms with van der Waals surface area (Å²) in [6.07, 6.45) is 0.885. The van der Waals surface area contributed by atoms with Crippen LogP contribution in [0.4, 0.5) is 4.39 Å². The van der Waals surface area contributed by atoms with Gasteiger partial charge in [-0.3, -0.25) is 9.59 Å². The molecule has 6 heteroatoms. The zero-order chi connectivity index (χ0) is 18.7. The fraction of sp³-hybridized carbons (Fsp3) is 0.400. The number of nitrogens with zero attached hydrogens (tertiary/aromatic N) is 2. The topological polar surface area (TPSA) is 40.6 Å². The van der Waals surface area contributed by atoms with Crippen molar-refractivity contribution in [2.75, 3.05) is 13.6 Å². The van der Waals surface area contributed by atoms with Gasteiger partial charge in [0.2, 0.25) is 11.8 Å². The number of carbonyl (C=O) groups excluding carboxylic acids is 2. The summed E-state index contributed by atoms with van der Waals surface area (Å²) in [5.74, 6) is -0.526. The van der Waals surface area contributed by atoms with Crippen LogP contribution in [0.3, 0.4) is 0 Å². The number of benzene rings is 1. The van der Waals surface area contributed by atoms with E-state index in [1.165, 1.54) is 16.5 Å². The van der Waals surface area contributed by atoms with E-state index in [0.29, 0.717) is 31.5 Å². The molecule has 1 atom stereocenters. The first-order chi connectivity index (χ1) is 12.5. The molecule has 0 aliphatic carbocycles. The molecule has 1 aromatic heterocycles. The number of piperidine rings is 1. The van der Waals surface area contributed by atoms with Crippen LogP contribution in [0.5, 0.6) is 0 Å². The molecule has 1 saturated heterocycles. The number of amides is 2. The highest BCUT2D eigenvalue weighted by Crippen LogP contribution is 2.24. The van der Waals surface area contributed by atoms with Gasteiger partial charge in [0.15, 0.2) is 0 Å². The van der Waals surface area contributed by atoms with Crippen molar-refractivity contribution in [1.29, 1.82) is 0 Å². The molecule has 1 aromatic carbocycles. The second-order valence-corrected chi connectivity index (χ2v) is 7.82. The predicted octanol–water partition coefficient (Wildman–Crippen LogP) is 3.59. The molecule has 2 aromatic rings. The first kappa shape index (κ1) is 18.6. The predicted molar refractivity (Wildman–Crippen MR) is 100 cm³/mol. The quantitative estimate of drug-likeness (QED) is 0.802. The second-order valence-electron chi connectivity index (χ2n) is 6.82. The van der Waals surface area contributed by atoms with E-state index in [0.717, 1.165) is 0 Å². The maximum atomic E-state index is 13.9. The molecule has 0 spiro atoms. The van der Waals surface area contributed by atoms with Crippen molar-refractivity contribution >= 4 is 23.2 Å². The number of hydrogen-bond donors (Lipinski definition) is 0. The third-order valence-corrected chi connectivity index (χ3v) is 5.90. The number of hydrogen-bond acceptors (Lipinski definition) is 3. The standard InChI is InChI=1S/C20H23FN2O2S/c1-14-9-10-26-18(14)13-22(2)20(25)16-7-8-19(24)23(12-16)11-15-5-3-4-6-17(15)21/h3-6,9-10,16H,7-8,11-13H2,1-2H3/t16-/m1/s1. The number of rotatable bonds is 5. The van der Waals surface area contributed by atoms with Crippen LogP contribution < -0.4 is 0 Å². The smallest absolute Gasteiger partial charge is 0.227 e. The molecule has 0 N–H and O–H groups in total. The first-order valence-corrected chi connectivity index (χ1v) is 9.63. The highest BCUT2D eigenvalue weighted by atomic mass is 32.1. The third kappa shape index (κ3) is 4.12. The summed E-state index contributed by atoms with van der Waals surface area (Å²) in [6, 6.07) is 8.51. The maximum Gasteiger partial charge on any atom is 0.227 e. The molecule has 2 heterocycles. The third-order valence-electron chi connectivity index (χ3n) is 4.89. The SMILES string of the molecule is Cc1ccsc1CN(C)C(=O)[C@@H]1CCC(=O)N(Cc2ccccc2F)C1. The van der Waals surface area contributed by atoms with Gasteiger partial charge in [-0.2, -0.15) is 0 Å². The Labute approximate surface area is 157 Å². The Morgan fingerprint density at radius 1 is 1.35 bits per heavy atom. The Bertz CT molecular complexity index is 805. The summed E-state index contributed by atoms with van der Waals surface area (Å²) in [7, 11) is 1.80. The van der Waals surface area contributed by atoms with E-state index in [4.69, 9.17) is 0 Å². The molecule has 26 heavy (non-hydrogen) atoms. The van der Waals surface area contributed by atoms with Gasteiger partial charge in [-0.15, -0.1) is 11.3 Å². The van der Waals surface area contributed by atoms with Crippen molar-refractivity contribution in [3.63, 3.8) is 0 Å². The molecular formula is C20H23FN2O2S. The molecule has 1 aliphatic rings. The van der Waals surface area contributed by atoms with Gasteiger partial charge in [0.1, 0.15) is 5.82 Å². The Morgan fingerprint density at radius 2 is 2.12 bits per heavy atom. The summed E-state index contributed by atoms with van der Waals surface area (Å²) in [5.41, 5.74) is 1.67. The summed E-state index contributed by atoms with van der Waals surface area (Å²) in [5, 5.41) is 2.03. The Morgan fingerprint density at radius 3 is 2.81 bits per heavy atom. The van der Waals surface area contributed by atoms with E-state index in [9.17, 15) is 14.0 Å². The number of aryl methyl sites for hydroxylation is 1. The molecular weight excluding hydrogens is 351 g/mol. The average Bonchev–Trinajstić information content (AvgIpc) is 3.03. The molecule has 1 fully saturated rings. The van der Waals surface area contributed by atoms with E-state index < -0.39 is 0 Å². The van der Waals surface area contributed by atoms with Gasteiger partial charge in [-0.05, 0) is 36.4 Å². The number of thiophene rings is 1. The van der Waals surface area contributed by atoms with E-state index in [1.54, 1.807) is 46.4 Å². The van der Waals surface area contributed by atoms with Crippen molar-refractivity contribution in [2.24, 2.45) is 5.92 Å². The van der Waals surface area contributed by atoms with Crippen LogP contribution in [-0.2, 0) is 22.7 Å². The van der Waals surface area contributed by atoms with Crippen LogP contribution in [0.1, 0.15) is 28.8 Å². The van der Waals surface area contributed by atoms with Crippen LogP contribution in [0.15, 0.2) is 35.7 Å². The minimum Gasteiger partial charge on any atom is -0.340 e. The summed E-state index contributed by atoms with van der Waals surface area (Å²) < 4.78 is 13.9. The molecule has 4 nitrogen and oxygen atoms in total. The van der Waals surface area contributed by atoms with Crippen molar-refractivity contribution < 1.29 is 14.0 Å². The molecule has 1 aliphatic heterocycles. The fourth-order valence-electron chi connectivity index (χ4n) is 3.27. The Balaban J connectivity index is 1.65. The lowest BCUT2D eigenvalue weighted by Crippen LogP contribution is -2.45. The van der Waals surface area contributed by atoms with E-state index in [1.807, 2.05) is 18.4 Å². The van der Waals surface area contributed by atoms with Gasteiger partial charge in [0.05, 0.1) is 12.5 Å². The average molecular weight is 374 g/mol. The van der Waals surface area contributed by atoms with Crippen molar-refractivity contribution in [3.8, 4) is 0 Å². The molecule has 138 valence electrons. The number of halogens is 1. The van der Waals surface area contributed by atoms with Gasteiger partial charge in [-0.1, -0.05) is 18.2 Å². The molecule has 2 amide bonds.